The van der Waals surface area contributed by atoms with Gasteiger partial charge < -0.3 is 165 Å². The third kappa shape index (κ3) is 28.4. The zero-order valence-corrected chi connectivity index (χ0v) is 64.1. The van der Waals surface area contributed by atoms with E-state index in [9.17, 15) is 106 Å². The van der Waals surface area contributed by atoms with E-state index in [-0.39, 0.29) is 12.3 Å². The largest absolute Gasteiger partial charge is 0.394 e. The molecule has 0 aliphatic carbocycles. The molecule has 6 aliphatic rings. The third-order valence-corrected chi connectivity index (χ3v) is 21.2. The molecule has 6 fully saturated rings. The molecule has 0 radical (unpaired) electrons. The number of unbranched alkanes of at least 4 members (excludes halogenated alkanes) is 23. The van der Waals surface area contributed by atoms with E-state index in [0.29, 0.717) is 12.8 Å². The van der Waals surface area contributed by atoms with Crippen LogP contribution in [0.5, 0.6) is 0 Å². The maximum absolute atomic E-state index is 13.5. The number of hydrogen-bond acceptors (Lipinski definition) is 33. The van der Waals surface area contributed by atoms with Crippen LogP contribution in [0.25, 0.3) is 0 Å². The standard InChI is InChI=1S/C74H133N3O33/c1-5-7-9-11-13-15-17-19-21-23-25-27-29-31-43(86)42(77-50(87)32-30-28-26-24-22-20-18-16-14-12-10-8-6-2)39-99-71-60(95)58(93)65(48(37-82)104-71)107-72-61(96)59(94)64(49(38-83)105-72)106-70-52(76-41(4)85)66(54(89)45(34-79)101-70)108-73-63(98)68(56(91)47(36-81)102-73)110-74-62(97)67(55(90)46(35-80)103-74)109-69-51(75-40(3)84)57(92)53(88)44(33-78)100-69/h29,31,42-49,51-74,78-83,86,88-98H,5-28,30,32-39H2,1-4H3,(H,75,84)(H,76,85)(H,77,87)/b31-29+/t42-,43+,44?,45?,46?,47?,48?,49?,51?,52?,53-,54-,55-,56-,57+,58+,59+,60?,61?,62?,63?,64-,65+,66+,67-,68-,69-,70-,71+,72-,73-,74+/m0/s1. The van der Waals surface area contributed by atoms with E-state index in [2.05, 4.69) is 29.8 Å². The van der Waals surface area contributed by atoms with Crippen molar-refractivity contribution in [2.24, 2.45) is 0 Å². The van der Waals surface area contributed by atoms with Crippen LogP contribution in [0.15, 0.2) is 12.2 Å². The average molecular weight is 1590 g/mol. The van der Waals surface area contributed by atoms with Gasteiger partial charge in [0.2, 0.25) is 17.7 Å². The molecule has 6 rings (SSSR count). The Labute approximate surface area is 643 Å². The van der Waals surface area contributed by atoms with Crippen LogP contribution in [0.4, 0.5) is 0 Å². The molecule has 6 aliphatic heterocycles. The molecule has 0 spiro atoms. The number of carbonyl (C=O) groups is 3. The zero-order chi connectivity index (χ0) is 80.6. The van der Waals surface area contributed by atoms with Crippen LogP contribution in [-0.2, 0) is 71.2 Å². The molecular weight excluding hydrogens is 1460 g/mol. The second-order valence-corrected chi connectivity index (χ2v) is 29.9. The summed E-state index contributed by atoms with van der Waals surface area (Å²) in [7, 11) is 0. The highest BCUT2D eigenvalue weighted by molar-refractivity contribution is 5.76. The highest BCUT2D eigenvalue weighted by atomic mass is 16.8. The molecule has 3 amide bonds. The van der Waals surface area contributed by atoms with Crippen molar-refractivity contribution in [1.82, 2.24) is 16.0 Å². The molecule has 32 atom stereocenters. The van der Waals surface area contributed by atoms with Gasteiger partial charge in [-0.1, -0.05) is 167 Å². The lowest BCUT2D eigenvalue weighted by Gasteiger charge is -2.51. The molecule has 21 N–H and O–H groups in total. The van der Waals surface area contributed by atoms with Gasteiger partial charge in [-0.2, -0.15) is 0 Å². The minimum Gasteiger partial charge on any atom is -0.394 e. The van der Waals surface area contributed by atoms with Gasteiger partial charge in [0.1, 0.15) is 146 Å². The van der Waals surface area contributed by atoms with Gasteiger partial charge in [-0.05, 0) is 19.3 Å². The van der Waals surface area contributed by atoms with E-state index >= 15 is 0 Å². The molecule has 36 heteroatoms. The molecule has 12 unspecified atom stereocenters. The van der Waals surface area contributed by atoms with Crippen LogP contribution in [0, 0.1) is 0 Å². The van der Waals surface area contributed by atoms with Crippen molar-refractivity contribution in [2.45, 2.75) is 391 Å². The molecule has 0 aromatic heterocycles. The zero-order valence-electron chi connectivity index (χ0n) is 64.1. The average Bonchev–Trinajstić information content (AvgIpc) is 0.770. The summed E-state index contributed by atoms with van der Waals surface area (Å²) in [6.07, 6.45) is -23.7. The van der Waals surface area contributed by atoms with Gasteiger partial charge in [-0.3, -0.25) is 14.4 Å². The Morgan fingerprint density at radius 2 is 0.682 bits per heavy atom. The summed E-state index contributed by atoms with van der Waals surface area (Å²) in [4.78, 5) is 38.7. The lowest BCUT2D eigenvalue weighted by Crippen LogP contribution is -2.70. The smallest absolute Gasteiger partial charge is 0.220 e. The molecule has 110 heavy (non-hydrogen) atoms. The first-order valence-corrected chi connectivity index (χ1v) is 40.0. The van der Waals surface area contributed by atoms with E-state index in [4.69, 9.17) is 56.8 Å². The molecule has 0 saturated carbocycles. The number of aliphatic hydroxyl groups is 18. The van der Waals surface area contributed by atoms with Crippen LogP contribution in [0.2, 0.25) is 0 Å². The number of aliphatic hydroxyl groups excluding tert-OH is 18. The maximum atomic E-state index is 13.5. The number of ether oxygens (including phenoxy) is 12. The molecular formula is C74H133N3O33. The number of hydrogen-bond donors (Lipinski definition) is 21. The predicted octanol–water partition coefficient (Wildman–Crippen LogP) is -3.20. The topological polar surface area (TPSA) is 562 Å². The first kappa shape index (κ1) is 95.8. The van der Waals surface area contributed by atoms with Crippen molar-refractivity contribution < 1.29 is 163 Å². The summed E-state index contributed by atoms with van der Waals surface area (Å²) < 4.78 is 70.7. The van der Waals surface area contributed by atoms with Crippen LogP contribution < -0.4 is 16.0 Å². The summed E-state index contributed by atoms with van der Waals surface area (Å²) in [5.74, 6) is -1.98. The van der Waals surface area contributed by atoms with E-state index in [1.807, 2.05) is 6.08 Å². The van der Waals surface area contributed by atoms with Crippen LogP contribution in [-0.4, -0.2) is 352 Å². The van der Waals surface area contributed by atoms with E-state index in [1.54, 1.807) is 6.08 Å². The van der Waals surface area contributed by atoms with Gasteiger partial charge in [-0.15, -0.1) is 0 Å². The van der Waals surface area contributed by atoms with E-state index in [1.165, 1.54) is 96.3 Å². The maximum Gasteiger partial charge on any atom is 0.220 e. The van der Waals surface area contributed by atoms with Crippen molar-refractivity contribution in [2.75, 3.05) is 46.2 Å². The van der Waals surface area contributed by atoms with Crippen molar-refractivity contribution >= 4 is 17.7 Å². The minimum absolute atomic E-state index is 0.179. The number of amides is 3. The Morgan fingerprint density at radius 1 is 0.355 bits per heavy atom. The normalized spacial score (nSPS) is 37.7. The van der Waals surface area contributed by atoms with E-state index < -0.39 is 254 Å². The quantitative estimate of drug-likeness (QED) is 0.0211. The van der Waals surface area contributed by atoms with Crippen molar-refractivity contribution in [3.05, 3.63) is 12.2 Å². The fourth-order valence-corrected chi connectivity index (χ4v) is 14.7. The SMILES string of the molecule is CCCCCCCCCCCCC/C=C/[C@@H](O)[C@H](CO[C@@H]1OC(CO)[C@@H](O[C@@H]2OC(CO)[C@H](O[C@@H]3OC(CO)[C@H](O)[C@H](O[C@@H]4OC(CO)[C@H](O)[C@H](O[C@H]5OC(CO)[C@H](O)[C@H](O[C@@H]6OC(CO)[C@H](O)[C@H](O)C6NC(C)=O)C5O)C4O)C3NC(C)=O)[C@H](O)C2O)[C@H](O)C1O)NC(=O)CCCCCCCCCCCCCCC. The van der Waals surface area contributed by atoms with Crippen molar-refractivity contribution in [3.8, 4) is 0 Å². The monoisotopic (exact) mass is 1590 g/mol. The second-order valence-electron chi connectivity index (χ2n) is 29.9. The Hall–Kier alpha value is -3.05. The summed E-state index contributed by atoms with van der Waals surface area (Å²) in [5.41, 5.74) is 0. The van der Waals surface area contributed by atoms with Gasteiger partial charge in [0.15, 0.2) is 37.7 Å². The van der Waals surface area contributed by atoms with Gasteiger partial charge in [-0.25, -0.2) is 0 Å². The molecule has 0 aromatic rings. The van der Waals surface area contributed by atoms with Gasteiger partial charge in [0, 0.05) is 20.3 Å². The van der Waals surface area contributed by atoms with Crippen LogP contribution in [0.1, 0.15) is 195 Å². The third-order valence-electron chi connectivity index (χ3n) is 21.2. The fourth-order valence-electron chi connectivity index (χ4n) is 14.7. The second kappa shape index (κ2) is 50.5. The van der Waals surface area contributed by atoms with Gasteiger partial charge in [0.25, 0.3) is 0 Å². The lowest BCUT2D eigenvalue weighted by molar-refractivity contribution is -0.389. The first-order chi connectivity index (χ1) is 52.8. The summed E-state index contributed by atoms with van der Waals surface area (Å²) >= 11 is 0. The van der Waals surface area contributed by atoms with E-state index in [0.717, 1.165) is 65.2 Å². The highest BCUT2D eigenvalue weighted by Gasteiger charge is 2.59. The highest BCUT2D eigenvalue weighted by Crippen LogP contribution is 2.38. The van der Waals surface area contributed by atoms with Gasteiger partial charge in [0.05, 0.1) is 58.4 Å². The molecule has 6 heterocycles. The summed E-state index contributed by atoms with van der Waals surface area (Å²) in [5, 5.41) is 208. The molecule has 642 valence electrons. The number of rotatable bonds is 50. The Bertz CT molecular complexity index is 2560. The number of allylic oxidation sites excluding steroid dienone is 1. The number of carbonyl (C=O) groups excluding carboxylic acids is 3. The Kier molecular flexibility index (Phi) is 44.0. The molecule has 0 aromatic carbocycles. The fraction of sp³-hybridized carbons (Fsp3) is 0.932. The van der Waals surface area contributed by atoms with Gasteiger partial charge >= 0.3 is 0 Å². The Balaban J connectivity index is 1.10. The molecule has 6 saturated heterocycles. The van der Waals surface area contributed by atoms with Crippen molar-refractivity contribution in [1.29, 1.82) is 0 Å². The first-order valence-electron chi connectivity index (χ1n) is 40.0. The Morgan fingerprint density at radius 3 is 1.13 bits per heavy atom. The minimum atomic E-state index is -2.29. The summed E-state index contributed by atoms with van der Waals surface area (Å²) in [6, 6.07) is -4.49. The molecule has 36 nitrogen and oxygen atoms in total. The summed E-state index contributed by atoms with van der Waals surface area (Å²) in [6.45, 7) is 0.0511. The predicted molar refractivity (Wildman–Crippen MR) is 385 cm³/mol. The number of nitrogens with one attached hydrogen (secondary N) is 3. The van der Waals surface area contributed by atoms with Crippen LogP contribution >= 0.6 is 0 Å². The molecule has 0 bridgehead atoms. The lowest BCUT2D eigenvalue weighted by atomic mass is 9.94. The van der Waals surface area contributed by atoms with Crippen LogP contribution in [0.3, 0.4) is 0 Å². The van der Waals surface area contributed by atoms with Crippen molar-refractivity contribution in [3.63, 3.8) is 0 Å².